The maximum absolute atomic E-state index is 15.0. The molecule has 0 aromatic heterocycles. The van der Waals surface area contributed by atoms with Gasteiger partial charge in [0.15, 0.2) is 0 Å². The molecule has 0 radical (unpaired) electrons. The van der Waals surface area contributed by atoms with E-state index in [0.29, 0.717) is 24.9 Å². The molecule has 3 aliphatic rings. The molecule has 5 rings (SSSR count). The fraction of sp³-hybridized carbons (Fsp3) is 0.514. The summed E-state index contributed by atoms with van der Waals surface area (Å²) in [5.74, 6) is -3.14. The van der Waals surface area contributed by atoms with E-state index >= 15 is 0 Å². The fourth-order valence-electron chi connectivity index (χ4n) is 7.76. The van der Waals surface area contributed by atoms with Crippen molar-refractivity contribution in [2.45, 2.75) is 70.2 Å². The Morgan fingerprint density at radius 3 is 2.58 bits per heavy atom. The summed E-state index contributed by atoms with van der Waals surface area (Å²) in [7, 11) is 0. The smallest absolute Gasteiger partial charge is 0.312 e. The van der Waals surface area contributed by atoms with Gasteiger partial charge in [-0.1, -0.05) is 69.7 Å². The number of likely N-dealkylation sites (tertiary alicyclic amines) is 1. The van der Waals surface area contributed by atoms with E-state index < -0.39 is 41.1 Å². The van der Waals surface area contributed by atoms with E-state index in [1.807, 2.05) is 70.2 Å². The highest BCUT2D eigenvalue weighted by molar-refractivity contribution is 6.06. The predicted octanol–water partition coefficient (Wildman–Crippen LogP) is 4.90. The first kappa shape index (κ1) is 31.0. The Morgan fingerprint density at radius 1 is 1.21 bits per heavy atom. The van der Waals surface area contributed by atoms with Crippen molar-refractivity contribution in [1.29, 1.82) is 0 Å². The predicted molar refractivity (Wildman–Crippen MR) is 166 cm³/mol. The molecule has 1 spiro atoms. The number of aliphatic hydroxyl groups is 1. The molecular weight excluding hydrogens is 544 g/mol. The Hall–Kier alpha value is -3.49. The summed E-state index contributed by atoms with van der Waals surface area (Å²) in [6.07, 6.45) is 4.95. The minimum Gasteiger partial charge on any atom is -0.465 e. The monoisotopic (exact) mass is 588 g/mol. The van der Waals surface area contributed by atoms with E-state index in [-0.39, 0.29) is 43.4 Å². The lowest BCUT2D eigenvalue weighted by Crippen LogP contribution is -2.60. The van der Waals surface area contributed by atoms with Gasteiger partial charge in [0.05, 0.1) is 30.8 Å². The lowest BCUT2D eigenvalue weighted by atomic mass is 9.62. The molecule has 8 heteroatoms. The topological polar surface area (TPSA) is 96.4 Å². The maximum atomic E-state index is 15.0. The molecule has 0 aliphatic carbocycles. The summed E-state index contributed by atoms with van der Waals surface area (Å²) in [6.45, 7) is 15.5. The van der Waals surface area contributed by atoms with Gasteiger partial charge in [0.1, 0.15) is 17.6 Å². The van der Waals surface area contributed by atoms with Crippen molar-refractivity contribution in [2.75, 3.05) is 24.7 Å². The van der Waals surface area contributed by atoms with Crippen LogP contribution < -0.4 is 4.90 Å². The Balaban J connectivity index is 1.64. The molecule has 3 heterocycles. The highest BCUT2D eigenvalue weighted by Gasteiger charge is 2.81. The van der Waals surface area contributed by atoms with E-state index in [9.17, 15) is 19.5 Å². The van der Waals surface area contributed by atoms with Crippen molar-refractivity contribution in [3.63, 3.8) is 0 Å². The van der Waals surface area contributed by atoms with Crippen molar-refractivity contribution in [2.24, 2.45) is 23.7 Å². The zero-order chi connectivity index (χ0) is 31.1. The summed E-state index contributed by atoms with van der Waals surface area (Å²) >= 11 is 0. The second-order valence-corrected chi connectivity index (χ2v) is 12.6. The Kier molecular flexibility index (Phi) is 8.56. The number of benzene rings is 2. The summed E-state index contributed by atoms with van der Waals surface area (Å²) in [4.78, 5) is 46.5. The number of carbonyl (C=O) groups excluding carboxylic acids is 3. The number of amides is 2. The molecule has 3 fully saturated rings. The van der Waals surface area contributed by atoms with Gasteiger partial charge in [-0.15, -0.1) is 13.2 Å². The van der Waals surface area contributed by atoms with Crippen LogP contribution in [0.15, 0.2) is 67.8 Å². The molecule has 2 amide bonds. The molecule has 3 aliphatic heterocycles. The highest BCUT2D eigenvalue weighted by Crippen LogP contribution is 2.66. The summed E-state index contributed by atoms with van der Waals surface area (Å²) in [5, 5.41) is 12.7. The van der Waals surface area contributed by atoms with Crippen LogP contribution in [0.2, 0.25) is 0 Å². The molecule has 3 saturated heterocycles. The van der Waals surface area contributed by atoms with Gasteiger partial charge < -0.3 is 24.4 Å². The largest absolute Gasteiger partial charge is 0.465 e. The second-order valence-electron chi connectivity index (χ2n) is 12.6. The molecular formula is C35H44N2O6. The summed E-state index contributed by atoms with van der Waals surface area (Å²) in [5.41, 5.74) is -1.55. The van der Waals surface area contributed by atoms with Crippen LogP contribution in [0.25, 0.3) is 10.8 Å². The molecule has 3 unspecified atom stereocenters. The summed E-state index contributed by atoms with van der Waals surface area (Å²) in [6, 6.07) is 12.1. The number of ether oxygens (including phenoxy) is 2. The molecule has 0 saturated carbocycles. The van der Waals surface area contributed by atoms with E-state index in [1.54, 1.807) is 22.0 Å². The average molecular weight is 589 g/mol. The zero-order valence-electron chi connectivity index (χ0n) is 25.7. The quantitative estimate of drug-likeness (QED) is 0.215. The van der Waals surface area contributed by atoms with Crippen LogP contribution in [-0.4, -0.2) is 70.8 Å². The van der Waals surface area contributed by atoms with Gasteiger partial charge in [0.25, 0.3) is 5.91 Å². The molecule has 43 heavy (non-hydrogen) atoms. The molecule has 2 aromatic carbocycles. The number of hydrogen-bond donors (Lipinski definition) is 1. The first-order valence-corrected chi connectivity index (χ1v) is 15.4. The Labute approximate surface area is 254 Å². The molecule has 8 nitrogen and oxygen atoms in total. The van der Waals surface area contributed by atoms with Crippen molar-refractivity contribution >= 4 is 34.2 Å². The van der Waals surface area contributed by atoms with Gasteiger partial charge in [0, 0.05) is 12.2 Å². The third-order valence-corrected chi connectivity index (χ3v) is 10.3. The van der Waals surface area contributed by atoms with Gasteiger partial charge in [0.2, 0.25) is 5.91 Å². The minimum atomic E-state index is -1.25. The number of nitrogens with zero attached hydrogens (tertiary/aromatic N) is 2. The van der Waals surface area contributed by atoms with Crippen LogP contribution in [0.1, 0.15) is 47.0 Å². The van der Waals surface area contributed by atoms with Gasteiger partial charge in [-0.3, -0.25) is 14.4 Å². The minimum absolute atomic E-state index is 0.101. The van der Waals surface area contributed by atoms with Crippen LogP contribution in [0, 0.1) is 23.7 Å². The van der Waals surface area contributed by atoms with Gasteiger partial charge in [-0.2, -0.15) is 0 Å². The first-order chi connectivity index (χ1) is 20.6. The fourth-order valence-corrected chi connectivity index (χ4v) is 7.76. The van der Waals surface area contributed by atoms with Crippen LogP contribution in [0.3, 0.4) is 0 Å². The number of rotatable bonds is 12. The number of aliphatic hydroxyl groups excluding tert-OH is 1. The second kappa shape index (κ2) is 11.9. The molecule has 8 atom stereocenters. The van der Waals surface area contributed by atoms with Crippen LogP contribution in [0.5, 0.6) is 0 Å². The van der Waals surface area contributed by atoms with Gasteiger partial charge in [-0.25, -0.2) is 0 Å². The Morgan fingerprint density at radius 2 is 1.93 bits per heavy atom. The average Bonchev–Trinajstić information content (AvgIpc) is 3.52. The van der Waals surface area contributed by atoms with Crippen LogP contribution in [0.4, 0.5) is 5.69 Å². The third-order valence-electron chi connectivity index (χ3n) is 10.3. The van der Waals surface area contributed by atoms with Gasteiger partial charge in [-0.05, 0) is 54.5 Å². The Bertz CT molecular complexity index is 1420. The van der Waals surface area contributed by atoms with E-state index in [1.165, 1.54) is 0 Å². The van der Waals surface area contributed by atoms with Crippen LogP contribution in [-0.2, 0) is 23.9 Å². The first-order valence-electron chi connectivity index (χ1n) is 15.4. The number of carbonyl (C=O) groups is 3. The molecule has 2 aromatic rings. The maximum Gasteiger partial charge on any atom is 0.312 e. The van der Waals surface area contributed by atoms with E-state index in [0.717, 1.165) is 10.8 Å². The van der Waals surface area contributed by atoms with Crippen LogP contribution >= 0.6 is 0 Å². The lowest BCUT2D eigenvalue weighted by Gasteiger charge is -2.41. The van der Waals surface area contributed by atoms with Crippen molar-refractivity contribution < 1.29 is 29.0 Å². The number of esters is 1. The number of anilines is 1. The zero-order valence-corrected chi connectivity index (χ0v) is 25.7. The third kappa shape index (κ3) is 4.79. The number of fused-ring (bicyclic) bond motifs is 2. The summed E-state index contributed by atoms with van der Waals surface area (Å²) < 4.78 is 12.5. The lowest BCUT2D eigenvalue weighted by molar-refractivity contribution is -0.162. The van der Waals surface area contributed by atoms with E-state index in [2.05, 4.69) is 13.2 Å². The van der Waals surface area contributed by atoms with E-state index in [4.69, 9.17) is 9.47 Å². The van der Waals surface area contributed by atoms with Crippen molar-refractivity contribution in [3.05, 3.63) is 67.8 Å². The molecule has 1 N–H and O–H groups in total. The van der Waals surface area contributed by atoms with Gasteiger partial charge >= 0.3 is 5.97 Å². The standard InChI is InChI=1S/C35H44N2O6/c1-7-10-18-42-33(41)29-28-31(39)37(27(21-38)22(4)9-3)30(35(28)20-23(5)34(29,6)43-35)32(40)36(17-8-2)26-16-15-24-13-11-12-14-25(24)19-26/h7-8,11-16,19,22-23,27-30,38H,1-2,9-10,17-18,20-21H2,3-6H3/t22-,23?,27-,28-,29+,30?,34-,35?/m0/s1. The highest BCUT2D eigenvalue weighted by atomic mass is 16.6. The number of hydrogen-bond acceptors (Lipinski definition) is 6. The SMILES string of the molecule is C=CCCOC(=O)[C@H]1[C@H]2C(=O)N([C@@H](CO)[C@@H](C)CC)C(C(=O)N(CC=C)c3ccc4ccccc4c3)C23CC(C)[C@]1(C)O3. The normalized spacial score (nSPS) is 30.6. The van der Waals surface area contributed by atoms with Crippen molar-refractivity contribution in [1.82, 2.24) is 4.90 Å². The molecule has 230 valence electrons. The van der Waals surface area contributed by atoms with Crippen molar-refractivity contribution in [3.8, 4) is 0 Å². The molecule has 2 bridgehead atoms.